The van der Waals surface area contributed by atoms with Gasteiger partial charge in [0.05, 0.1) is 0 Å². The van der Waals surface area contributed by atoms with Gasteiger partial charge in [-0.3, -0.25) is 0 Å². The van der Waals surface area contributed by atoms with Gasteiger partial charge in [0, 0.05) is 29.2 Å². The molecule has 2 N–H and O–H groups in total. The normalized spacial score (nSPS) is 19.4. The van der Waals surface area contributed by atoms with Crippen LogP contribution in [0.25, 0.3) is 0 Å². The highest BCUT2D eigenvalue weighted by atomic mass is 15.0. The number of allylic oxidation sites excluding steroid dienone is 2. The van der Waals surface area contributed by atoms with E-state index < -0.39 is 0 Å². The number of benzene rings is 1. The molecule has 0 aliphatic carbocycles. The van der Waals surface area contributed by atoms with Gasteiger partial charge in [0.2, 0.25) is 0 Å². The summed E-state index contributed by atoms with van der Waals surface area (Å²) in [6, 6.07) is 8.27. The highest BCUT2D eigenvalue weighted by Gasteiger charge is 2.22. The molecule has 0 amide bonds. The zero-order valence-corrected chi connectivity index (χ0v) is 11.9. The largest absolute Gasteiger partial charge is 0.363 e. The van der Waals surface area contributed by atoms with E-state index in [1.54, 1.807) is 0 Å². The first-order valence-electron chi connectivity index (χ1n) is 6.76. The number of amidine groups is 1. The van der Waals surface area contributed by atoms with Crippen molar-refractivity contribution < 1.29 is 0 Å². The maximum Gasteiger partial charge on any atom is 0.103 e. The topological polar surface area (TPSA) is 36.4 Å². The molecule has 2 rings (SSSR count). The minimum absolute atomic E-state index is 0.292. The van der Waals surface area contributed by atoms with Gasteiger partial charge in [-0.15, -0.1) is 0 Å². The third-order valence-electron chi connectivity index (χ3n) is 3.43. The Morgan fingerprint density at radius 2 is 2.15 bits per heavy atom. The molecule has 1 atom stereocenters. The van der Waals surface area contributed by atoms with Crippen LogP contribution >= 0.6 is 0 Å². The highest BCUT2D eigenvalue weighted by Crippen LogP contribution is 2.36. The summed E-state index contributed by atoms with van der Waals surface area (Å²) in [6.07, 6.45) is 3.54. The quantitative estimate of drug-likeness (QED) is 0.637. The first-order chi connectivity index (χ1) is 9.61. The molecule has 3 heteroatoms. The fourth-order valence-electron chi connectivity index (χ4n) is 2.49. The van der Waals surface area contributed by atoms with Gasteiger partial charge in [-0.25, -0.2) is 4.99 Å². The van der Waals surface area contributed by atoms with Crippen molar-refractivity contribution in [2.75, 3.05) is 5.32 Å². The second-order valence-corrected chi connectivity index (χ2v) is 4.95. The molecule has 1 unspecified atom stereocenters. The number of piperidine rings is 1. The van der Waals surface area contributed by atoms with E-state index in [2.05, 4.69) is 53.6 Å². The Kier molecular flexibility index (Phi) is 4.41. The average molecular weight is 267 g/mol. The van der Waals surface area contributed by atoms with Crippen LogP contribution in [0.2, 0.25) is 0 Å². The van der Waals surface area contributed by atoms with Crippen molar-refractivity contribution in [3.63, 3.8) is 0 Å². The van der Waals surface area contributed by atoms with Crippen LogP contribution in [0.4, 0.5) is 5.69 Å². The Hall–Kier alpha value is -2.29. The maximum atomic E-state index is 4.15. The Morgan fingerprint density at radius 3 is 2.85 bits per heavy atom. The standard InChI is InChI=1S/C17H21N3/c1-5-18-14(4)20-17-9-7-6-8-16(17)15-11-10-12(2)19-13(15)3/h5-9,15,19H,1-3,10-11H2,4H3,(H,18,20). The molecule has 104 valence electrons. The predicted molar refractivity (Wildman–Crippen MR) is 86.8 cm³/mol. The smallest absolute Gasteiger partial charge is 0.103 e. The summed E-state index contributed by atoms with van der Waals surface area (Å²) in [5, 5.41) is 6.60. The number of hydrogen-bond donors (Lipinski definition) is 2. The number of hydrogen-bond acceptors (Lipinski definition) is 2. The van der Waals surface area contributed by atoms with E-state index in [0.717, 1.165) is 35.8 Å². The molecule has 0 spiro atoms. The van der Waals surface area contributed by atoms with Gasteiger partial charge >= 0.3 is 0 Å². The molecule has 0 bridgehead atoms. The fraction of sp³-hybridized carbons (Fsp3) is 0.235. The van der Waals surface area contributed by atoms with Crippen LogP contribution in [0.5, 0.6) is 0 Å². The molecule has 1 heterocycles. The van der Waals surface area contributed by atoms with E-state index in [4.69, 9.17) is 0 Å². The summed E-state index contributed by atoms with van der Waals surface area (Å²) in [4.78, 5) is 4.15. The lowest BCUT2D eigenvalue weighted by atomic mass is 9.87. The van der Waals surface area contributed by atoms with Gasteiger partial charge in [0.25, 0.3) is 0 Å². The second-order valence-electron chi connectivity index (χ2n) is 4.95. The molecule has 1 aliphatic rings. The van der Waals surface area contributed by atoms with Crippen molar-refractivity contribution in [1.82, 2.24) is 5.32 Å². The van der Waals surface area contributed by atoms with Crippen LogP contribution < -0.4 is 10.6 Å². The summed E-state index contributed by atoms with van der Waals surface area (Å²) in [6.45, 7) is 13.6. The molecule has 20 heavy (non-hydrogen) atoms. The molecular weight excluding hydrogens is 246 g/mol. The van der Waals surface area contributed by atoms with Crippen LogP contribution in [-0.2, 0) is 0 Å². The number of anilines is 1. The van der Waals surface area contributed by atoms with Crippen molar-refractivity contribution in [1.29, 1.82) is 0 Å². The lowest BCUT2D eigenvalue weighted by Gasteiger charge is -2.29. The summed E-state index contributed by atoms with van der Waals surface area (Å²) in [5.41, 5.74) is 4.35. The van der Waals surface area contributed by atoms with E-state index >= 15 is 0 Å². The van der Waals surface area contributed by atoms with Crippen molar-refractivity contribution >= 4 is 11.5 Å². The number of aliphatic imine (C=N–C) groups is 1. The monoisotopic (exact) mass is 267 g/mol. The minimum atomic E-state index is 0.292. The van der Waals surface area contributed by atoms with Gasteiger partial charge in [-0.05, 0) is 31.4 Å². The number of rotatable bonds is 3. The Labute approximate surface area is 120 Å². The fourth-order valence-corrected chi connectivity index (χ4v) is 2.49. The summed E-state index contributed by atoms with van der Waals surface area (Å²) in [7, 11) is 0. The molecule has 1 saturated heterocycles. The van der Waals surface area contributed by atoms with Crippen LogP contribution in [-0.4, -0.2) is 5.84 Å². The van der Waals surface area contributed by atoms with Gasteiger partial charge in [0.15, 0.2) is 0 Å². The van der Waals surface area contributed by atoms with Crippen LogP contribution in [0.1, 0.15) is 31.2 Å². The predicted octanol–water partition coefficient (Wildman–Crippen LogP) is 4.15. The Balaban J connectivity index is 2.28. The molecule has 1 aromatic carbocycles. The molecule has 0 saturated carbocycles. The van der Waals surface area contributed by atoms with Crippen molar-refractivity contribution in [3.05, 3.63) is 67.2 Å². The third kappa shape index (κ3) is 3.18. The first-order valence-corrected chi connectivity index (χ1v) is 6.76. The molecule has 1 fully saturated rings. The number of para-hydroxylation sites is 1. The van der Waals surface area contributed by atoms with E-state index in [1.165, 1.54) is 11.8 Å². The van der Waals surface area contributed by atoms with E-state index in [9.17, 15) is 0 Å². The number of nitrogens with zero attached hydrogens (tertiary/aromatic N) is 1. The zero-order chi connectivity index (χ0) is 14.5. The zero-order valence-electron chi connectivity index (χ0n) is 11.9. The Bertz CT molecular complexity index is 569. The highest BCUT2D eigenvalue weighted by molar-refractivity contribution is 5.94. The molecule has 0 aromatic heterocycles. The lowest BCUT2D eigenvalue weighted by Crippen LogP contribution is -2.24. The average Bonchev–Trinajstić information content (AvgIpc) is 2.40. The van der Waals surface area contributed by atoms with Crippen LogP contribution in [0, 0.1) is 0 Å². The van der Waals surface area contributed by atoms with Crippen molar-refractivity contribution in [2.24, 2.45) is 4.99 Å². The maximum absolute atomic E-state index is 4.15. The van der Waals surface area contributed by atoms with Crippen molar-refractivity contribution in [3.8, 4) is 0 Å². The van der Waals surface area contributed by atoms with E-state index in [1.807, 2.05) is 13.0 Å². The molecule has 1 aliphatic heterocycles. The van der Waals surface area contributed by atoms with Crippen molar-refractivity contribution in [2.45, 2.75) is 25.7 Å². The van der Waals surface area contributed by atoms with E-state index in [-0.39, 0.29) is 0 Å². The lowest BCUT2D eigenvalue weighted by molar-refractivity contribution is 0.594. The van der Waals surface area contributed by atoms with Gasteiger partial charge in [-0.1, -0.05) is 37.9 Å². The van der Waals surface area contributed by atoms with Gasteiger partial charge in [-0.2, -0.15) is 0 Å². The van der Waals surface area contributed by atoms with Gasteiger partial charge in [0.1, 0.15) is 5.84 Å². The Morgan fingerprint density at radius 1 is 1.40 bits per heavy atom. The first kappa shape index (κ1) is 14.1. The third-order valence-corrected chi connectivity index (χ3v) is 3.43. The number of nitrogens with one attached hydrogen (secondary N) is 2. The minimum Gasteiger partial charge on any atom is -0.363 e. The summed E-state index contributed by atoms with van der Waals surface area (Å²) >= 11 is 0. The van der Waals surface area contributed by atoms with Crippen LogP contribution in [0.3, 0.4) is 0 Å². The van der Waals surface area contributed by atoms with Crippen LogP contribution in [0.15, 0.2) is 66.6 Å². The van der Waals surface area contributed by atoms with E-state index in [0.29, 0.717) is 5.92 Å². The van der Waals surface area contributed by atoms with Gasteiger partial charge < -0.3 is 10.6 Å². The summed E-state index contributed by atoms with van der Waals surface area (Å²) in [5.74, 6) is 1.12. The molecular formula is C17H21N3. The second kappa shape index (κ2) is 6.24. The SMILES string of the molecule is C=CN=C(C)Nc1ccccc1C1CCC(=C)NC1=C. The molecule has 0 radical (unpaired) electrons. The summed E-state index contributed by atoms with van der Waals surface area (Å²) < 4.78 is 0. The molecule has 1 aromatic rings. The molecule has 3 nitrogen and oxygen atoms in total.